The highest BCUT2D eigenvalue weighted by Crippen LogP contribution is 2.29. The highest BCUT2D eigenvalue weighted by Gasteiger charge is 2.31. The molecule has 0 fully saturated rings. The van der Waals surface area contributed by atoms with Gasteiger partial charge < -0.3 is 20.1 Å². The Bertz CT molecular complexity index is 991. The van der Waals surface area contributed by atoms with E-state index >= 15 is 0 Å². The lowest BCUT2D eigenvalue weighted by Crippen LogP contribution is -2.36. The van der Waals surface area contributed by atoms with E-state index in [1.165, 1.54) is 63.7 Å². The quantitative estimate of drug-likeness (QED) is 0.652. The van der Waals surface area contributed by atoms with E-state index in [4.69, 9.17) is 14.3 Å². The molecule has 0 aliphatic rings. The van der Waals surface area contributed by atoms with Gasteiger partial charge in [0, 0.05) is 18.3 Å². The van der Waals surface area contributed by atoms with Crippen LogP contribution < -0.4 is 20.1 Å². The highest BCUT2D eigenvalue weighted by molar-refractivity contribution is 7.89. The number of amides is 3. The summed E-state index contributed by atoms with van der Waals surface area (Å²) in [6.45, 7) is 0. The minimum atomic E-state index is -4.32. The van der Waals surface area contributed by atoms with Crippen LogP contribution in [0.3, 0.4) is 0 Å². The second-order valence-electron chi connectivity index (χ2n) is 5.52. The van der Waals surface area contributed by atoms with E-state index in [2.05, 4.69) is 10.6 Å². The number of sulfonamides is 1. The first kappa shape index (κ1) is 22.0. The predicted molar refractivity (Wildman–Crippen MR) is 104 cm³/mol. The second kappa shape index (κ2) is 9.26. The number of nitrogens with zero attached hydrogens (tertiary/aromatic N) is 1. The van der Waals surface area contributed by atoms with E-state index in [0.717, 1.165) is 7.11 Å². The smallest absolute Gasteiger partial charge is 0.318 e. The zero-order valence-corrected chi connectivity index (χ0v) is 17.1. The van der Waals surface area contributed by atoms with Crippen LogP contribution in [0, 0.1) is 0 Å². The van der Waals surface area contributed by atoms with Crippen LogP contribution in [0.4, 0.5) is 10.5 Å². The van der Waals surface area contributed by atoms with Gasteiger partial charge >= 0.3 is 6.03 Å². The minimum absolute atomic E-state index is 0.0194. The Balaban J connectivity index is 2.34. The summed E-state index contributed by atoms with van der Waals surface area (Å²) >= 11 is 0. The summed E-state index contributed by atoms with van der Waals surface area (Å²) in [6, 6.07) is 9.02. The third-order valence-electron chi connectivity index (χ3n) is 3.82. The van der Waals surface area contributed by atoms with Crippen molar-refractivity contribution in [1.82, 2.24) is 9.79 Å². The standard InChI is InChI=1S/C18H21N3O7S/c1-19-18(23)20-13-6-8-14(9-7-13)29(24,25)21(28-4)17(22)12-5-10-15(26-2)16(11-12)27-3/h5-11H,1-4H3,(H2,19,20,23). The van der Waals surface area contributed by atoms with Crippen molar-refractivity contribution in [2.24, 2.45) is 0 Å². The molecule has 2 N–H and O–H groups in total. The van der Waals surface area contributed by atoms with Gasteiger partial charge in [0.15, 0.2) is 11.5 Å². The molecule has 0 aliphatic carbocycles. The van der Waals surface area contributed by atoms with E-state index < -0.39 is 22.0 Å². The number of hydrogen-bond donors (Lipinski definition) is 2. The molecule has 2 aromatic rings. The number of methoxy groups -OCH3 is 2. The molecule has 3 amide bonds. The molecule has 0 heterocycles. The summed E-state index contributed by atoms with van der Waals surface area (Å²) in [5.41, 5.74) is 0.393. The minimum Gasteiger partial charge on any atom is -0.493 e. The van der Waals surface area contributed by atoms with Gasteiger partial charge in [-0.25, -0.2) is 4.79 Å². The van der Waals surface area contributed by atoms with Crippen molar-refractivity contribution in [3.05, 3.63) is 48.0 Å². The number of benzene rings is 2. The van der Waals surface area contributed by atoms with Crippen molar-refractivity contribution >= 4 is 27.6 Å². The first-order valence-corrected chi connectivity index (χ1v) is 9.67. The van der Waals surface area contributed by atoms with Gasteiger partial charge in [-0.3, -0.25) is 9.63 Å². The van der Waals surface area contributed by atoms with Crippen molar-refractivity contribution < 1.29 is 32.3 Å². The number of hydrogen-bond acceptors (Lipinski definition) is 7. The zero-order chi connectivity index (χ0) is 21.6. The van der Waals surface area contributed by atoms with Gasteiger partial charge in [-0.15, -0.1) is 4.47 Å². The van der Waals surface area contributed by atoms with Crippen molar-refractivity contribution in [2.75, 3.05) is 33.7 Å². The van der Waals surface area contributed by atoms with E-state index in [1.807, 2.05) is 0 Å². The van der Waals surface area contributed by atoms with Gasteiger partial charge in [-0.05, 0) is 42.5 Å². The third kappa shape index (κ3) is 4.76. The maximum atomic E-state index is 12.9. The zero-order valence-electron chi connectivity index (χ0n) is 16.3. The van der Waals surface area contributed by atoms with Crippen LogP contribution in [0.1, 0.15) is 10.4 Å². The number of carbonyl (C=O) groups excluding carboxylic acids is 2. The first-order valence-electron chi connectivity index (χ1n) is 8.23. The number of urea groups is 1. The number of carbonyl (C=O) groups is 2. The average molecular weight is 423 g/mol. The fourth-order valence-electron chi connectivity index (χ4n) is 2.36. The summed E-state index contributed by atoms with van der Waals surface area (Å²) in [6.07, 6.45) is 0. The molecule has 0 saturated carbocycles. The fourth-order valence-corrected chi connectivity index (χ4v) is 3.56. The van der Waals surface area contributed by atoms with Crippen LogP contribution in [0.15, 0.2) is 47.4 Å². The summed E-state index contributed by atoms with van der Waals surface area (Å²) in [4.78, 5) is 28.8. The van der Waals surface area contributed by atoms with Crippen LogP contribution in [-0.4, -0.2) is 53.2 Å². The largest absolute Gasteiger partial charge is 0.493 e. The molecule has 0 bridgehead atoms. The molecular formula is C18H21N3O7S. The maximum absolute atomic E-state index is 12.9. The molecule has 0 unspecified atom stereocenters. The van der Waals surface area contributed by atoms with Gasteiger partial charge in [-0.2, -0.15) is 8.42 Å². The highest BCUT2D eigenvalue weighted by atomic mass is 32.2. The number of ether oxygens (including phenoxy) is 2. The van der Waals surface area contributed by atoms with Gasteiger partial charge in [0.2, 0.25) is 0 Å². The van der Waals surface area contributed by atoms with Gasteiger partial charge in [-0.1, -0.05) is 0 Å². The Hall–Kier alpha value is -3.31. The van der Waals surface area contributed by atoms with Crippen LogP contribution in [0.2, 0.25) is 0 Å². The Morgan fingerprint density at radius 3 is 2.07 bits per heavy atom. The molecule has 0 aliphatic heterocycles. The van der Waals surface area contributed by atoms with Crippen LogP contribution in [0.5, 0.6) is 11.5 Å². The molecule has 29 heavy (non-hydrogen) atoms. The monoisotopic (exact) mass is 423 g/mol. The topological polar surface area (TPSA) is 123 Å². The van der Waals surface area contributed by atoms with Crippen molar-refractivity contribution in [3.8, 4) is 11.5 Å². The lowest BCUT2D eigenvalue weighted by Gasteiger charge is -2.20. The average Bonchev–Trinajstić information content (AvgIpc) is 2.73. The fraction of sp³-hybridized carbons (Fsp3) is 0.222. The van der Waals surface area contributed by atoms with E-state index in [9.17, 15) is 18.0 Å². The Morgan fingerprint density at radius 2 is 1.55 bits per heavy atom. The number of anilines is 1. The number of rotatable bonds is 7. The molecule has 0 spiro atoms. The maximum Gasteiger partial charge on any atom is 0.318 e. The van der Waals surface area contributed by atoms with Crippen LogP contribution in [0.25, 0.3) is 0 Å². The van der Waals surface area contributed by atoms with Crippen LogP contribution >= 0.6 is 0 Å². The molecule has 156 valence electrons. The molecule has 2 rings (SSSR count). The first-order chi connectivity index (χ1) is 13.8. The molecular weight excluding hydrogens is 402 g/mol. The second-order valence-corrected chi connectivity index (χ2v) is 7.27. The molecule has 0 atom stereocenters. The van der Waals surface area contributed by atoms with E-state index in [0.29, 0.717) is 11.4 Å². The summed E-state index contributed by atoms with van der Waals surface area (Å²) in [5.74, 6) is -0.271. The summed E-state index contributed by atoms with van der Waals surface area (Å²) in [7, 11) is 1.03. The number of hydroxylamine groups is 1. The van der Waals surface area contributed by atoms with Gasteiger partial charge in [0.25, 0.3) is 15.9 Å². The lowest BCUT2D eigenvalue weighted by molar-refractivity contribution is -0.0284. The number of nitrogens with one attached hydrogen (secondary N) is 2. The molecule has 0 radical (unpaired) electrons. The third-order valence-corrected chi connectivity index (χ3v) is 5.44. The Kier molecular flexibility index (Phi) is 7.02. The van der Waals surface area contributed by atoms with Gasteiger partial charge in [0.05, 0.1) is 26.2 Å². The van der Waals surface area contributed by atoms with Crippen molar-refractivity contribution in [1.29, 1.82) is 0 Å². The molecule has 0 saturated heterocycles. The SMILES string of the molecule is CNC(=O)Nc1ccc(S(=O)(=O)N(OC)C(=O)c2ccc(OC)c(OC)c2)cc1. The van der Waals surface area contributed by atoms with Gasteiger partial charge in [0.1, 0.15) is 0 Å². The van der Waals surface area contributed by atoms with E-state index in [-0.39, 0.29) is 20.7 Å². The Morgan fingerprint density at radius 1 is 0.931 bits per heavy atom. The molecule has 10 nitrogen and oxygen atoms in total. The normalized spacial score (nSPS) is 10.8. The van der Waals surface area contributed by atoms with Crippen molar-refractivity contribution in [2.45, 2.75) is 4.90 Å². The van der Waals surface area contributed by atoms with Crippen LogP contribution in [-0.2, 0) is 14.9 Å². The predicted octanol–water partition coefficient (Wildman–Crippen LogP) is 1.85. The molecule has 2 aromatic carbocycles. The van der Waals surface area contributed by atoms with E-state index in [1.54, 1.807) is 0 Å². The summed E-state index contributed by atoms with van der Waals surface area (Å²) in [5, 5.41) is 4.88. The van der Waals surface area contributed by atoms with Crippen molar-refractivity contribution in [3.63, 3.8) is 0 Å². The molecule has 11 heteroatoms. The molecule has 0 aromatic heterocycles. The summed E-state index contributed by atoms with van der Waals surface area (Å²) < 4.78 is 36.3. The Labute approximate surface area is 168 Å². The lowest BCUT2D eigenvalue weighted by atomic mass is 10.2.